The first kappa shape index (κ1) is 29.3. The van der Waals surface area contributed by atoms with Crippen LogP contribution in [0.5, 0.6) is 0 Å². The topological polar surface area (TPSA) is 114 Å². The van der Waals surface area contributed by atoms with E-state index in [1.54, 1.807) is 49.6 Å². The quantitative estimate of drug-likeness (QED) is 0.241. The number of rotatable bonds is 7. The van der Waals surface area contributed by atoms with Gasteiger partial charge in [0.05, 0.1) is 21.8 Å². The maximum absolute atomic E-state index is 13.2. The number of carbonyl (C=O) groups is 3. The smallest absolute Gasteiger partial charge is 0.338 e. The van der Waals surface area contributed by atoms with Crippen LogP contribution in [-0.2, 0) is 17.7 Å². The summed E-state index contributed by atoms with van der Waals surface area (Å²) in [6.07, 6.45) is 3.47. The van der Waals surface area contributed by atoms with E-state index in [0.29, 0.717) is 34.0 Å². The van der Waals surface area contributed by atoms with Crippen LogP contribution >= 0.6 is 11.6 Å². The van der Waals surface area contributed by atoms with Gasteiger partial charge in [0.1, 0.15) is 11.3 Å². The molecule has 1 aliphatic rings. The fourth-order valence-corrected chi connectivity index (χ4v) is 5.51. The molecule has 3 N–H and O–H groups in total. The highest BCUT2D eigenvalue weighted by Gasteiger charge is 2.28. The molecule has 0 spiro atoms. The summed E-state index contributed by atoms with van der Waals surface area (Å²) in [6.45, 7) is 7.96. The van der Waals surface area contributed by atoms with E-state index in [2.05, 4.69) is 20.9 Å². The normalized spacial score (nSPS) is 14.5. The van der Waals surface area contributed by atoms with Crippen LogP contribution in [-0.4, -0.2) is 39.8 Å². The van der Waals surface area contributed by atoms with Gasteiger partial charge in [-0.3, -0.25) is 9.59 Å². The summed E-state index contributed by atoms with van der Waals surface area (Å²) in [7, 11) is 1.54. The Morgan fingerprint density at radius 1 is 1.07 bits per heavy atom. The number of carbonyl (C=O) groups excluding carboxylic acids is 3. The lowest BCUT2D eigenvalue weighted by molar-refractivity contribution is 0.00684. The van der Waals surface area contributed by atoms with Gasteiger partial charge in [0, 0.05) is 31.5 Å². The Balaban J connectivity index is 1.41. The van der Waals surface area contributed by atoms with Gasteiger partial charge in [-0.05, 0) is 87.6 Å². The molecule has 2 aromatic heterocycles. The monoisotopic (exact) mass is 587 g/mol. The first-order valence-corrected chi connectivity index (χ1v) is 14.2. The molecule has 10 heteroatoms. The zero-order chi connectivity index (χ0) is 30.2. The number of para-hydroxylation sites is 1. The number of hydrogen-bond donors (Lipinski definition) is 3. The van der Waals surface area contributed by atoms with Crippen molar-refractivity contribution in [2.45, 2.75) is 58.7 Å². The first-order chi connectivity index (χ1) is 20.0. The zero-order valence-electron chi connectivity index (χ0n) is 24.3. The number of anilines is 1. The number of benzene rings is 2. The summed E-state index contributed by atoms with van der Waals surface area (Å²) < 4.78 is 7.42. The fraction of sp³-hybridized carbons (Fsp3) is 0.312. The number of nitrogens with one attached hydrogen (secondary N) is 3. The molecular weight excluding hydrogens is 554 g/mol. The number of amides is 2. The molecule has 0 fully saturated rings. The lowest BCUT2D eigenvalue weighted by atomic mass is 9.97. The lowest BCUT2D eigenvalue weighted by Crippen LogP contribution is -2.25. The molecule has 2 aromatic carbocycles. The van der Waals surface area contributed by atoms with E-state index in [1.807, 2.05) is 44.2 Å². The summed E-state index contributed by atoms with van der Waals surface area (Å²) in [6, 6.07) is 14.3. The van der Waals surface area contributed by atoms with Crippen molar-refractivity contribution in [3.63, 3.8) is 0 Å². The van der Waals surface area contributed by atoms with Crippen molar-refractivity contribution in [3.8, 4) is 0 Å². The maximum Gasteiger partial charge on any atom is 0.338 e. The summed E-state index contributed by atoms with van der Waals surface area (Å²) in [5.41, 5.74) is 5.40. The first-order valence-electron chi connectivity index (χ1n) is 13.8. The van der Waals surface area contributed by atoms with Gasteiger partial charge < -0.3 is 25.1 Å². The molecule has 1 atom stereocenters. The number of nitrogens with zero attached hydrogens (tertiary/aromatic N) is 2. The van der Waals surface area contributed by atoms with Gasteiger partial charge >= 0.3 is 5.97 Å². The molecule has 1 aliphatic carbocycles. The van der Waals surface area contributed by atoms with Crippen molar-refractivity contribution in [1.29, 1.82) is 0 Å². The molecular formula is C32H34ClN5O4. The average molecular weight is 588 g/mol. The molecule has 42 heavy (non-hydrogen) atoms. The summed E-state index contributed by atoms with van der Waals surface area (Å²) in [4.78, 5) is 43.1. The molecule has 2 heterocycles. The Bertz CT molecular complexity index is 1710. The average Bonchev–Trinajstić information content (AvgIpc) is 3.56. The Kier molecular flexibility index (Phi) is 8.08. The van der Waals surface area contributed by atoms with Gasteiger partial charge in [-0.1, -0.05) is 29.8 Å². The number of fused-ring (bicyclic) bond motifs is 2. The predicted molar refractivity (Wildman–Crippen MR) is 162 cm³/mol. The highest BCUT2D eigenvalue weighted by molar-refractivity contribution is 6.34. The van der Waals surface area contributed by atoms with Gasteiger partial charge in [-0.2, -0.15) is 0 Å². The van der Waals surface area contributed by atoms with E-state index in [0.717, 1.165) is 35.2 Å². The lowest BCUT2D eigenvalue weighted by Gasteiger charge is -2.21. The fourth-order valence-electron chi connectivity index (χ4n) is 5.33. The van der Waals surface area contributed by atoms with Gasteiger partial charge in [0.25, 0.3) is 11.8 Å². The minimum atomic E-state index is -0.566. The SMILES string of the molecule is CNC(=O)c1cc(CN[C@H]2CCc3c2ccc(C(=O)OC(C)(C)C)c3C)n2ccc(C(=O)Nc3ccccc3Cl)c2n1. The van der Waals surface area contributed by atoms with Crippen LogP contribution < -0.4 is 16.0 Å². The van der Waals surface area contributed by atoms with Crippen molar-refractivity contribution in [2.24, 2.45) is 0 Å². The minimum absolute atomic E-state index is 0.0524. The van der Waals surface area contributed by atoms with E-state index < -0.39 is 5.60 Å². The standard InChI is InChI=1S/C32H34ClN5O4/c1-18-20-12-13-25(22(20)11-10-21(18)31(41)42-32(2,3)4)35-17-19-16-27(30(40)34-5)36-28-23(14-15-38(19)28)29(39)37-26-9-7-6-8-24(26)33/h6-11,14-16,25,35H,12-13,17H2,1-5H3,(H,34,40)(H,37,39)/t25-/m0/s1. The minimum Gasteiger partial charge on any atom is -0.456 e. The Morgan fingerprint density at radius 2 is 1.83 bits per heavy atom. The van der Waals surface area contributed by atoms with Crippen LogP contribution in [0.3, 0.4) is 0 Å². The second-order valence-corrected chi connectivity index (χ2v) is 11.8. The Hall–Kier alpha value is -4.21. The van der Waals surface area contributed by atoms with Crippen LogP contribution in [0.1, 0.15) is 86.8 Å². The number of aromatic nitrogens is 2. The predicted octanol–water partition coefficient (Wildman–Crippen LogP) is 5.64. The van der Waals surface area contributed by atoms with Gasteiger partial charge in [0.2, 0.25) is 0 Å². The number of ether oxygens (including phenoxy) is 1. The van der Waals surface area contributed by atoms with Crippen molar-refractivity contribution >= 4 is 40.7 Å². The molecule has 0 unspecified atom stereocenters. The summed E-state index contributed by atoms with van der Waals surface area (Å²) in [5, 5.41) is 9.49. The zero-order valence-corrected chi connectivity index (χ0v) is 25.1. The van der Waals surface area contributed by atoms with Crippen LogP contribution in [0.15, 0.2) is 54.7 Å². The molecule has 0 saturated heterocycles. The molecule has 0 bridgehead atoms. The molecule has 9 nitrogen and oxygen atoms in total. The second-order valence-electron chi connectivity index (χ2n) is 11.3. The van der Waals surface area contributed by atoms with Crippen molar-refractivity contribution in [2.75, 3.05) is 12.4 Å². The third-order valence-electron chi connectivity index (χ3n) is 7.37. The van der Waals surface area contributed by atoms with Crippen molar-refractivity contribution in [1.82, 2.24) is 20.0 Å². The van der Waals surface area contributed by atoms with E-state index in [1.165, 1.54) is 0 Å². The van der Waals surface area contributed by atoms with Crippen LogP contribution in [0.2, 0.25) is 5.02 Å². The number of esters is 1. The summed E-state index contributed by atoms with van der Waals surface area (Å²) in [5.74, 6) is -1.05. The van der Waals surface area contributed by atoms with Crippen LogP contribution in [0.25, 0.3) is 5.65 Å². The Morgan fingerprint density at radius 3 is 2.55 bits per heavy atom. The third kappa shape index (κ3) is 5.89. The van der Waals surface area contributed by atoms with E-state index in [9.17, 15) is 14.4 Å². The van der Waals surface area contributed by atoms with Gasteiger partial charge in [0.15, 0.2) is 5.65 Å². The molecule has 4 aromatic rings. The Labute approximate surface area is 249 Å². The molecule has 2 amide bonds. The van der Waals surface area contributed by atoms with Gasteiger partial charge in [-0.25, -0.2) is 9.78 Å². The molecule has 0 aliphatic heterocycles. The number of halogens is 1. The maximum atomic E-state index is 13.2. The van der Waals surface area contributed by atoms with E-state index in [-0.39, 0.29) is 29.5 Å². The molecule has 5 rings (SSSR count). The summed E-state index contributed by atoms with van der Waals surface area (Å²) >= 11 is 6.24. The van der Waals surface area contributed by atoms with Crippen molar-refractivity contribution in [3.05, 3.63) is 99.0 Å². The molecule has 0 saturated carbocycles. The largest absolute Gasteiger partial charge is 0.456 e. The van der Waals surface area contributed by atoms with Crippen molar-refractivity contribution < 1.29 is 19.1 Å². The number of hydrogen-bond acceptors (Lipinski definition) is 6. The second kappa shape index (κ2) is 11.6. The van der Waals surface area contributed by atoms with Gasteiger partial charge in [-0.15, -0.1) is 0 Å². The highest BCUT2D eigenvalue weighted by Crippen LogP contribution is 2.35. The van der Waals surface area contributed by atoms with Crippen LogP contribution in [0, 0.1) is 6.92 Å². The highest BCUT2D eigenvalue weighted by atomic mass is 35.5. The van der Waals surface area contributed by atoms with Crippen LogP contribution in [0.4, 0.5) is 5.69 Å². The van der Waals surface area contributed by atoms with E-state index >= 15 is 0 Å². The molecule has 218 valence electrons. The van der Waals surface area contributed by atoms with E-state index in [4.69, 9.17) is 16.3 Å². The molecule has 0 radical (unpaired) electrons. The third-order valence-corrected chi connectivity index (χ3v) is 7.70.